The topological polar surface area (TPSA) is 20.3 Å². The van der Waals surface area contributed by atoms with Crippen molar-refractivity contribution in [2.75, 3.05) is 12.3 Å². The molecule has 2 atom stereocenters. The molecule has 2 aliphatic heterocycles. The van der Waals surface area contributed by atoms with Crippen LogP contribution in [0.2, 0.25) is 0 Å². The summed E-state index contributed by atoms with van der Waals surface area (Å²) in [5, 5.41) is 0.473. The minimum absolute atomic E-state index is 0. The van der Waals surface area contributed by atoms with Crippen molar-refractivity contribution in [2.45, 2.75) is 39.5 Å². The van der Waals surface area contributed by atoms with Crippen LogP contribution in [0, 0.1) is 5.92 Å². The first-order valence-corrected chi connectivity index (χ1v) is 7.85. The van der Waals surface area contributed by atoms with Gasteiger partial charge in [0, 0.05) is 18.2 Å². The van der Waals surface area contributed by atoms with Crippen molar-refractivity contribution in [1.82, 2.24) is 4.90 Å². The largest absolute Gasteiger partial charge is 0.330 e. The number of rotatable bonds is 2. The first-order chi connectivity index (χ1) is 8.84. The van der Waals surface area contributed by atoms with E-state index in [1.807, 2.05) is 43.8 Å². The number of benzene rings is 1. The lowest BCUT2D eigenvalue weighted by Crippen LogP contribution is -2.29. The van der Waals surface area contributed by atoms with Gasteiger partial charge in [-0.3, -0.25) is 4.79 Å². The summed E-state index contributed by atoms with van der Waals surface area (Å²) in [5.74, 6) is 1.72. The quantitative estimate of drug-likeness (QED) is 0.820. The van der Waals surface area contributed by atoms with Crippen LogP contribution in [-0.4, -0.2) is 28.5 Å². The first kappa shape index (κ1) is 16.1. The molecule has 0 radical (unpaired) electrons. The van der Waals surface area contributed by atoms with E-state index in [9.17, 15) is 4.79 Å². The SMILES string of the molecule is C.CC.O=C1C(Cc2ccccc2)CC2SCCN12. The maximum Gasteiger partial charge on any atom is 0.227 e. The molecule has 2 aliphatic rings. The summed E-state index contributed by atoms with van der Waals surface area (Å²) in [5.41, 5.74) is 1.28. The van der Waals surface area contributed by atoms with Crippen LogP contribution in [0.1, 0.15) is 33.3 Å². The summed E-state index contributed by atoms with van der Waals surface area (Å²) >= 11 is 1.94. The Kier molecular flexibility index (Phi) is 6.43. The molecule has 2 heterocycles. The number of carbonyl (C=O) groups excluding carboxylic acids is 1. The molecule has 0 aliphatic carbocycles. The van der Waals surface area contributed by atoms with Gasteiger partial charge in [0.05, 0.1) is 5.37 Å². The molecule has 2 saturated heterocycles. The fraction of sp³-hybridized carbons (Fsp3) is 0.562. The van der Waals surface area contributed by atoms with Crippen LogP contribution in [-0.2, 0) is 11.2 Å². The summed E-state index contributed by atoms with van der Waals surface area (Å²) < 4.78 is 0. The van der Waals surface area contributed by atoms with Crippen LogP contribution in [0.15, 0.2) is 30.3 Å². The maximum atomic E-state index is 12.1. The highest BCUT2D eigenvalue weighted by atomic mass is 32.2. The highest BCUT2D eigenvalue weighted by Gasteiger charge is 2.42. The van der Waals surface area contributed by atoms with Crippen molar-refractivity contribution >= 4 is 17.7 Å². The molecule has 0 saturated carbocycles. The zero-order valence-electron chi connectivity index (χ0n) is 11.1. The second-order valence-electron chi connectivity index (χ2n) is 4.48. The predicted molar refractivity (Wildman–Crippen MR) is 84.3 cm³/mol. The van der Waals surface area contributed by atoms with Gasteiger partial charge in [-0.05, 0) is 18.4 Å². The third kappa shape index (κ3) is 3.53. The minimum atomic E-state index is 0. The Morgan fingerprint density at radius 3 is 2.58 bits per heavy atom. The normalized spacial score (nSPS) is 24.3. The average molecular weight is 279 g/mol. The molecule has 106 valence electrons. The van der Waals surface area contributed by atoms with Crippen molar-refractivity contribution < 1.29 is 4.79 Å². The Labute approximate surface area is 121 Å². The highest BCUT2D eigenvalue weighted by molar-refractivity contribution is 8.00. The fourth-order valence-corrected chi connectivity index (χ4v) is 3.95. The molecule has 19 heavy (non-hydrogen) atoms. The molecule has 1 amide bonds. The standard InChI is InChI=1S/C13H15NOS.C2H6.CH4/c15-13-11(8-10-4-2-1-3-5-10)9-12-14(13)6-7-16-12;1-2;/h1-5,11-12H,6-9H2;1-2H3;1H4. The average Bonchev–Trinajstić information content (AvgIpc) is 2.98. The van der Waals surface area contributed by atoms with E-state index >= 15 is 0 Å². The van der Waals surface area contributed by atoms with Gasteiger partial charge < -0.3 is 4.90 Å². The predicted octanol–water partition coefficient (Wildman–Crippen LogP) is 3.81. The van der Waals surface area contributed by atoms with E-state index in [0.717, 1.165) is 25.1 Å². The van der Waals surface area contributed by atoms with Gasteiger partial charge >= 0.3 is 0 Å². The van der Waals surface area contributed by atoms with E-state index in [-0.39, 0.29) is 13.3 Å². The molecule has 2 nitrogen and oxygen atoms in total. The zero-order valence-corrected chi connectivity index (χ0v) is 12.0. The Bertz CT molecular complexity index is 393. The number of nitrogens with zero attached hydrogens (tertiary/aromatic N) is 1. The Morgan fingerprint density at radius 1 is 1.26 bits per heavy atom. The van der Waals surface area contributed by atoms with Crippen LogP contribution in [0.4, 0.5) is 0 Å². The number of hydrogen-bond acceptors (Lipinski definition) is 2. The number of thioether (sulfide) groups is 1. The molecule has 0 spiro atoms. The van der Waals surface area contributed by atoms with E-state index in [1.54, 1.807) is 0 Å². The van der Waals surface area contributed by atoms with E-state index < -0.39 is 0 Å². The van der Waals surface area contributed by atoms with E-state index in [0.29, 0.717) is 11.3 Å². The Balaban J connectivity index is 0.000000576. The zero-order chi connectivity index (χ0) is 13.0. The lowest BCUT2D eigenvalue weighted by molar-refractivity contribution is -0.130. The molecular formula is C16H25NOS. The lowest BCUT2D eigenvalue weighted by atomic mass is 9.98. The van der Waals surface area contributed by atoms with Gasteiger partial charge in [-0.2, -0.15) is 0 Å². The molecule has 1 aromatic rings. The van der Waals surface area contributed by atoms with E-state index in [4.69, 9.17) is 0 Å². The second-order valence-corrected chi connectivity index (χ2v) is 5.77. The number of amides is 1. The van der Waals surface area contributed by atoms with Gasteiger partial charge in [-0.1, -0.05) is 51.6 Å². The van der Waals surface area contributed by atoms with Crippen molar-refractivity contribution in [1.29, 1.82) is 0 Å². The van der Waals surface area contributed by atoms with Gasteiger partial charge in [0.2, 0.25) is 5.91 Å². The molecule has 1 aromatic carbocycles. The van der Waals surface area contributed by atoms with Crippen molar-refractivity contribution in [2.24, 2.45) is 5.92 Å². The number of carbonyl (C=O) groups is 1. The monoisotopic (exact) mass is 279 g/mol. The molecule has 3 rings (SSSR count). The Hall–Kier alpha value is -0.960. The van der Waals surface area contributed by atoms with Crippen LogP contribution < -0.4 is 0 Å². The van der Waals surface area contributed by atoms with Crippen molar-refractivity contribution in [3.8, 4) is 0 Å². The lowest BCUT2D eigenvalue weighted by Gasteiger charge is -2.13. The summed E-state index contributed by atoms with van der Waals surface area (Å²) in [6.45, 7) is 4.96. The summed E-state index contributed by atoms with van der Waals surface area (Å²) in [4.78, 5) is 14.2. The molecule has 2 unspecified atom stereocenters. The fourth-order valence-electron chi connectivity index (χ4n) is 2.62. The third-order valence-electron chi connectivity index (χ3n) is 3.43. The third-order valence-corrected chi connectivity index (χ3v) is 4.68. The number of hydrogen-bond donors (Lipinski definition) is 0. The van der Waals surface area contributed by atoms with E-state index in [2.05, 4.69) is 17.0 Å². The maximum absolute atomic E-state index is 12.1. The number of fused-ring (bicyclic) bond motifs is 1. The second kappa shape index (κ2) is 7.59. The summed E-state index contributed by atoms with van der Waals surface area (Å²) in [7, 11) is 0. The molecule has 3 heteroatoms. The van der Waals surface area contributed by atoms with Gasteiger partial charge in [0.1, 0.15) is 0 Å². The van der Waals surface area contributed by atoms with Crippen molar-refractivity contribution in [3.05, 3.63) is 35.9 Å². The molecule has 0 aromatic heterocycles. The molecule has 0 bridgehead atoms. The Morgan fingerprint density at radius 2 is 1.95 bits per heavy atom. The smallest absolute Gasteiger partial charge is 0.227 e. The van der Waals surface area contributed by atoms with E-state index in [1.165, 1.54) is 5.56 Å². The van der Waals surface area contributed by atoms with Gasteiger partial charge in [-0.25, -0.2) is 0 Å². The molecule has 0 N–H and O–H groups in total. The summed E-state index contributed by atoms with van der Waals surface area (Å²) in [6, 6.07) is 10.3. The molecule has 2 fully saturated rings. The molecular weight excluding hydrogens is 254 g/mol. The minimum Gasteiger partial charge on any atom is -0.330 e. The van der Waals surface area contributed by atoms with Crippen LogP contribution in [0.25, 0.3) is 0 Å². The highest BCUT2D eigenvalue weighted by Crippen LogP contribution is 2.37. The van der Waals surface area contributed by atoms with Gasteiger partial charge in [0.25, 0.3) is 0 Å². The van der Waals surface area contributed by atoms with Crippen LogP contribution in [0.3, 0.4) is 0 Å². The van der Waals surface area contributed by atoms with Crippen LogP contribution in [0.5, 0.6) is 0 Å². The van der Waals surface area contributed by atoms with Crippen molar-refractivity contribution in [3.63, 3.8) is 0 Å². The summed E-state index contributed by atoms with van der Waals surface area (Å²) in [6.07, 6.45) is 1.95. The van der Waals surface area contributed by atoms with Crippen LogP contribution >= 0.6 is 11.8 Å². The van der Waals surface area contributed by atoms with Gasteiger partial charge in [-0.15, -0.1) is 11.8 Å². The first-order valence-electron chi connectivity index (χ1n) is 6.80. The van der Waals surface area contributed by atoms with Gasteiger partial charge in [0.15, 0.2) is 0 Å².